The van der Waals surface area contributed by atoms with Gasteiger partial charge in [0.05, 0.1) is 21.3 Å². The first kappa shape index (κ1) is 27.6. The van der Waals surface area contributed by atoms with E-state index < -0.39 is 5.97 Å². The summed E-state index contributed by atoms with van der Waals surface area (Å²) in [4.78, 5) is 33.5. The number of pyridine rings is 2. The van der Waals surface area contributed by atoms with Crippen LogP contribution in [-0.2, 0) is 11.2 Å². The SMILES string of the molecule is COC(=O)c1ccc(OC)c2nc(C3CC3)nn12.COc1ccc(C(=O)Cc2ccccc2Cl)n2nc(C3CC3)nc12. The molecule has 0 atom stereocenters. The fourth-order valence-electron chi connectivity index (χ4n) is 4.63. The van der Waals surface area contributed by atoms with Gasteiger partial charge in [0, 0.05) is 23.3 Å². The van der Waals surface area contributed by atoms with E-state index >= 15 is 0 Å². The Balaban J connectivity index is 0.000000157. The van der Waals surface area contributed by atoms with Gasteiger partial charge in [0.1, 0.15) is 5.69 Å². The monoisotopic (exact) mass is 588 g/mol. The first-order valence-corrected chi connectivity index (χ1v) is 14.0. The van der Waals surface area contributed by atoms with E-state index in [0.29, 0.717) is 51.0 Å². The van der Waals surface area contributed by atoms with Crippen molar-refractivity contribution in [1.29, 1.82) is 0 Å². The average molecular weight is 589 g/mol. The van der Waals surface area contributed by atoms with Crippen LogP contribution in [0.5, 0.6) is 11.5 Å². The third-order valence-electron chi connectivity index (χ3n) is 7.24. The van der Waals surface area contributed by atoms with Crippen molar-refractivity contribution in [2.75, 3.05) is 21.3 Å². The highest BCUT2D eigenvalue weighted by Crippen LogP contribution is 2.39. The summed E-state index contributed by atoms with van der Waals surface area (Å²) in [5.41, 5.74) is 2.79. The minimum Gasteiger partial charge on any atom is -0.493 e. The van der Waals surface area contributed by atoms with Crippen molar-refractivity contribution >= 4 is 34.6 Å². The first-order chi connectivity index (χ1) is 20.4. The highest BCUT2D eigenvalue weighted by Gasteiger charge is 2.30. The largest absolute Gasteiger partial charge is 0.493 e. The number of ketones is 1. The van der Waals surface area contributed by atoms with Gasteiger partial charge in [-0.3, -0.25) is 4.79 Å². The topological polar surface area (TPSA) is 122 Å². The van der Waals surface area contributed by atoms with E-state index in [9.17, 15) is 9.59 Å². The van der Waals surface area contributed by atoms with Crippen LogP contribution >= 0.6 is 11.6 Å². The van der Waals surface area contributed by atoms with Crippen molar-refractivity contribution in [2.24, 2.45) is 0 Å². The number of Topliss-reactive ketones (excluding diaryl/α,β-unsaturated/α-hetero) is 1. The van der Waals surface area contributed by atoms with Crippen molar-refractivity contribution in [1.82, 2.24) is 29.2 Å². The van der Waals surface area contributed by atoms with Crippen molar-refractivity contribution < 1.29 is 23.8 Å². The number of carbonyl (C=O) groups is 2. The number of hydrogen-bond acceptors (Lipinski definition) is 9. The third-order valence-corrected chi connectivity index (χ3v) is 7.61. The zero-order valence-corrected chi connectivity index (χ0v) is 24.2. The highest BCUT2D eigenvalue weighted by molar-refractivity contribution is 6.31. The lowest BCUT2D eigenvalue weighted by molar-refractivity contribution is 0.0590. The molecular weight excluding hydrogens is 560 g/mol. The maximum absolute atomic E-state index is 12.8. The molecule has 2 aliphatic carbocycles. The van der Waals surface area contributed by atoms with Crippen LogP contribution in [0.4, 0.5) is 0 Å². The zero-order chi connectivity index (χ0) is 29.4. The lowest BCUT2D eigenvalue weighted by Gasteiger charge is -2.07. The lowest BCUT2D eigenvalue weighted by atomic mass is 10.1. The fraction of sp³-hybridized carbons (Fsp3) is 0.333. The molecule has 12 heteroatoms. The third kappa shape index (κ3) is 5.39. The number of rotatable bonds is 8. The maximum atomic E-state index is 12.8. The van der Waals surface area contributed by atoms with Crippen molar-refractivity contribution in [3.63, 3.8) is 0 Å². The summed E-state index contributed by atoms with van der Waals surface area (Å²) in [7, 11) is 4.50. The molecule has 216 valence electrons. The molecule has 2 fully saturated rings. The predicted octanol–water partition coefficient (Wildman–Crippen LogP) is 5.10. The van der Waals surface area contributed by atoms with E-state index in [4.69, 9.17) is 25.8 Å². The number of benzene rings is 1. The number of carbonyl (C=O) groups excluding carboxylic acids is 2. The molecule has 42 heavy (non-hydrogen) atoms. The number of hydrogen-bond donors (Lipinski definition) is 0. The Morgan fingerprint density at radius 2 is 1.31 bits per heavy atom. The van der Waals surface area contributed by atoms with Crippen molar-refractivity contribution in [2.45, 2.75) is 43.9 Å². The zero-order valence-electron chi connectivity index (χ0n) is 23.4. The van der Waals surface area contributed by atoms with Crippen LogP contribution in [0.2, 0.25) is 5.02 Å². The summed E-state index contributed by atoms with van der Waals surface area (Å²) in [6.45, 7) is 0. The van der Waals surface area contributed by atoms with Crippen LogP contribution in [0.25, 0.3) is 11.3 Å². The average Bonchev–Trinajstić information content (AvgIpc) is 3.95. The van der Waals surface area contributed by atoms with Gasteiger partial charge >= 0.3 is 5.97 Å². The summed E-state index contributed by atoms with van der Waals surface area (Å²) in [6, 6.07) is 14.2. The maximum Gasteiger partial charge on any atom is 0.356 e. The van der Waals surface area contributed by atoms with Crippen LogP contribution in [0, 0.1) is 0 Å². The second-order valence-electron chi connectivity index (χ2n) is 10.2. The number of halogens is 1. The molecule has 2 saturated carbocycles. The van der Waals surface area contributed by atoms with Gasteiger partial charge < -0.3 is 14.2 Å². The Morgan fingerprint density at radius 1 is 0.786 bits per heavy atom. The molecule has 0 spiro atoms. The van der Waals surface area contributed by atoms with Gasteiger partial charge in [0.15, 0.2) is 45.9 Å². The molecule has 0 bridgehead atoms. The highest BCUT2D eigenvalue weighted by atomic mass is 35.5. The Bertz CT molecular complexity index is 1810. The van der Waals surface area contributed by atoms with Gasteiger partial charge in [0.2, 0.25) is 0 Å². The minimum atomic E-state index is -0.435. The number of esters is 1. The summed E-state index contributed by atoms with van der Waals surface area (Å²) in [6.07, 6.45) is 4.63. The Labute approximate surface area is 246 Å². The van der Waals surface area contributed by atoms with E-state index in [1.165, 1.54) is 11.6 Å². The molecule has 1 aromatic carbocycles. The molecular formula is C30H29ClN6O5. The first-order valence-electron chi connectivity index (χ1n) is 13.6. The van der Waals surface area contributed by atoms with E-state index in [-0.39, 0.29) is 12.2 Å². The smallest absolute Gasteiger partial charge is 0.356 e. The molecule has 0 saturated heterocycles. The Morgan fingerprint density at radius 3 is 1.81 bits per heavy atom. The molecule has 0 aliphatic heterocycles. The van der Waals surface area contributed by atoms with E-state index in [1.54, 1.807) is 49.1 Å². The fourth-order valence-corrected chi connectivity index (χ4v) is 4.84. The van der Waals surface area contributed by atoms with Crippen LogP contribution in [0.15, 0.2) is 48.5 Å². The van der Waals surface area contributed by atoms with Gasteiger partial charge in [-0.15, -0.1) is 0 Å². The number of ether oxygens (including phenoxy) is 3. The van der Waals surface area contributed by atoms with Gasteiger partial charge in [0.25, 0.3) is 0 Å². The molecule has 2 aliphatic rings. The van der Waals surface area contributed by atoms with Crippen molar-refractivity contribution in [3.8, 4) is 11.5 Å². The van der Waals surface area contributed by atoms with E-state index in [2.05, 4.69) is 20.2 Å². The van der Waals surface area contributed by atoms with Crippen molar-refractivity contribution in [3.05, 3.63) is 82.2 Å². The molecule has 7 rings (SSSR count). The van der Waals surface area contributed by atoms with Gasteiger partial charge in [-0.1, -0.05) is 29.8 Å². The summed E-state index contributed by atoms with van der Waals surface area (Å²) in [5.74, 6) is 3.10. The predicted molar refractivity (Wildman–Crippen MR) is 154 cm³/mol. The molecule has 0 radical (unpaired) electrons. The number of fused-ring (bicyclic) bond motifs is 2. The molecule has 4 aromatic heterocycles. The molecule has 11 nitrogen and oxygen atoms in total. The van der Waals surface area contributed by atoms with Gasteiger partial charge in [-0.2, -0.15) is 10.2 Å². The van der Waals surface area contributed by atoms with Crippen LogP contribution in [-0.4, -0.2) is 62.3 Å². The quantitative estimate of drug-likeness (QED) is 0.180. The van der Waals surface area contributed by atoms with Gasteiger partial charge in [-0.25, -0.2) is 23.8 Å². The Hall–Kier alpha value is -4.51. The minimum absolute atomic E-state index is 0.0528. The Kier molecular flexibility index (Phi) is 7.51. The molecule has 0 amide bonds. The second-order valence-corrected chi connectivity index (χ2v) is 10.6. The summed E-state index contributed by atoms with van der Waals surface area (Å²) >= 11 is 6.17. The number of nitrogens with zero attached hydrogens (tertiary/aromatic N) is 6. The molecule has 5 aromatic rings. The standard InChI is InChI=1S/C18H16ClN3O2.C12H13N3O3/c1-24-16-9-8-14(15(23)10-12-4-2-3-5-13(12)19)22-18(16)20-17(21-22)11-6-7-11;1-17-9-6-5-8(12(16)18-2)15-11(9)13-10(14-15)7-3-4-7/h2-5,8-9,11H,6-7,10H2,1H3;5-7H,3-4H2,1-2H3. The van der Waals surface area contributed by atoms with E-state index in [1.807, 2.05) is 18.2 Å². The normalized spacial score (nSPS) is 14.4. The summed E-state index contributed by atoms with van der Waals surface area (Å²) in [5, 5.41) is 9.51. The van der Waals surface area contributed by atoms with Crippen LogP contribution in [0.3, 0.4) is 0 Å². The summed E-state index contributed by atoms with van der Waals surface area (Å²) < 4.78 is 18.4. The second kappa shape index (κ2) is 11.4. The van der Waals surface area contributed by atoms with Gasteiger partial charge in [-0.05, 0) is 61.6 Å². The molecule has 0 unspecified atom stereocenters. The van der Waals surface area contributed by atoms with Crippen LogP contribution in [0.1, 0.15) is 75.7 Å². The molecule has 0 N–H and O–H groups in total. The van der Waals surface area contributed by atoms with Crippen LogP contribution < -0.4 is 9.47 Å². The number of methoxy groups -OCH3 is 3. The lowest BCUT2D eigenvalue weighted by Crippen LogP contribution is -2.11. The number of aromatic nitrogens is 6. The molecule has 4 heterocycles. The van der Waals surface area contributed by atoms with E-state index in [0.717, 1.165) is 42.9 Å².